The van der Waals surface area contributed by atoms with E-state index in [9.17, 15) is 0 Å². The fourth-order valence-corrected chi connectivity index (χ4v) is 1.61. The van der Waals surface area contributed by atoms with E-state index in [-0.39, 0.29) is 6.23 Å². The molecule has 0 radical (unpaired) electrons. The minimum atomic E-state index is -0.0358. The van der Waals surface area contributed by atoms with Gasteiger partial charge in [-0.05, 0) is 12.3 Å². The first-order valence-corrected chi connectivity index (χ1v) is 4.93. The molecule has 12 heavy (non-hydrogen) atoms. The van der Waals surface area contributed by atoms with Gasteiger partial charge in [-0.3, -0.25) is 0 Å². The summed E-state index contributed by atoms with van der Waals surface area (Å²) < 4.78 is 10.3. The molecule has 1 aliphatic heterocycles. The lowest BCUT2D eigenvalue weighted by Gasteiger charge is -2.17. The minimum absolute atomic E-state index is 0.0358. The Labute approximate surface area is 76.8 Å². The maximum Gasteiger partial charge on any atom is 0.152 e. The number of ether oxygens (including phenoxy) is 2. The fourth-order valence-electron chi connectivity index (χ4n) is 1.02. The van der Waals surface area contributed by atoms with Gasteiger partial charge in [-0.1, -0.05) is 0 Å². The Morgan fingerprint density at radius 1 is 1.58 bits per heavy atom. The van der Waals surface area contributed by atoms with Crippen LogP contribution in [0.3, 0.4) is 0 Å². The van der Waals surface area contributed by atoms with Crippen LogP contribution < -0.4 is 0 Å². The number of hydrogen-bond donors (Lipinski definition) is 0. The zero-order valence-electron chi connectivity index (χ0n) is 7.53. The van der Waals surface area contributed by atoms with Crippen molar-refractivity contribution in [2.75, 3.05) is 20.5 Å². The summed E-state index contributed by atoms with van der Waals surface area (Å²) in [5.74, 6) is 0.857. The van der Waals surface area contributed by atoms with E-state index in [2.05, 4.69) is 4.99 Å². The molecular formula is C8H13NO2S. The van der Waals surface area contributed by atoms with Gasteiger partial charge in [-0.2, -0.15) is 0 Å². The summed E-state index contributed by atoms with van der Waals surface area (Å²) in [6, 6.07) is 0. The van der Waals surface area contributed by atoms with E-state index in [0.717, 1.165) is 17.2 Å². The maximum atomic E-state index is 5.14. The summed E-state index contributed by atoms with van der Waals surface area (Å²) in [6.45, 7) is 0. The van der Waals surface area contributed by atoms with Crippen LogP contribution >= 0.6 is 11.8 Å². The molecule has 0 amide bonds. The lowest BCUT2D eigenvalue weighted by Crippen LogP contribution is -2.16. The van der Waals surface area contributed by atoms with Gasteiger partial charge >= 0.3 is 0 Å². The van der Waals surface area contributed by atoms with E-state index in [1.54, 1.807) is 26.0 Å². The average Bonchev–Trinajstić information content (AvgIpc) is 2.16. The topological polar surface area (TPSA) is 30.8 Å². The van der Waals surface area contributed by atoms with Crippen LogP contribution in [-0.4, -0.2) is 31.7 Å². The molecule has 0 fully saturated rings. The molecule has 68 valence electrons. The van der Waals surface area contributed by atoms with Crippen LogP contribution in [0.25, 0.3) is 0 Å². The second-order valence-corrected chi connectivity index (χ2v) is 3.13. The van der Waals surface area contributed by atoms with Gasteiger partial charge in [0.05, 0.1) is 7.11 Å². The molecule has 0 aromatic carbocycles. The number of methoxy groups -OCH3 is 2. The first-order valence-electron chi connectivity index (χ1n) is 3.71. The van der Waals surface area contributed by atoms with Gasteiger partial charge in [0, 0.05) is 13.5 Å². The normalized spacial score (nSPS) is 23.1. The van der Waals surface area contributed by atoms with Crippen molar-refractivity contribution < 1.29 is 9.47 Å². The molecule has 1 rings (SSSR count). The van der Waals surface area contributed by atoms with E-state index in [1.165, 1.54) is 0 Å². The highest BCUT2D eigenvalue weighted by Gasteiger charge is 2.15. The SMILES string of the molecule is COC1=CC[C@@H](OC)N=C1SC. The Morgan fingerprint density at radius 2 is 2.33 bits per heavy atom. The Hall–Kier alpha value is -0.480. The second-order valence-electron chi connectivity index (χ2n) is 2.34. The number of rotatable bonds is 2. The van der Waals surface area contributed by atoms with Gasteiger partial charge in [0.25, 0.3) is 0 Å². The summed E-state index contributed by atoms with van der Waals surface area (Å²) >= 11 is 1.57. The lowest BCUT2D eigenvalue weighted by molar-refractivity contribution is 0.110. The highest BCUT2D eigenvalue weighted by atomic mass is 32.2. The largest absolute Gasteiger partial charge is 0.494 e. The Morgan fingerprint density at radius 3 is 2.83 bits per heavy atom. The highest BCUT2D eigenvalue weighted by Crippen LogP contribution is 2.19. The third-order valence-corrected chi connectivity index (χ3v) is 2.36. The van der Waals surface area contributed by atoms with Crippen molar-refractivity contribution in [2.24, 2.45) is 4.99 Å². The summed E-state index contributed by atoms with van der Waals surface area (Å²) in [5.41, 5.74) is 0. The highest BCUT2D eigenvalue weighted by molar-refractivity contribution is 8.13. The molecule has 1 aliphatic rings. The Balaban J connectivity index is 2.71. The zero-order chi connectivity index (χ0) is 8.97. The number of dihydropyridines is 1. The number of aliphatic imine (C=N–C) groups is 1. The molecule has 0 spiro atoms. The monoisotopic (exact) mass is 187 g/mol. The maximum absolute atomic E-state index is 5.14. The molecule has 4 heteroatoms. The minimum Gasteiger partial charge on any atom is -0.494 e. The van der Waals surface area contributed by atoms with Crippen molar-refractivity contribution in [2.45, 2.75) is 12.6 Å². The Bertz CT molecular complexity index is 213. The van der Waals surface area contributed by atoms with Gasteiger partial charge in [0.2, 0.25) is 0 Å². The van der Waals surface area contributed by atoms with Gasteiger partial charge in [-0.25, -0.2) is 4.99 Å². The molecule has 0 aliphatic carbocycles. The third kappa shape index (κ3) is 2.01. The standard InChI is InChI=1S/C8H13NO2S/c1-10-6-4-5-7(11-2)9-8(6)12-3/h4,7H,5H2,1-3H3/t7-/m1/s1. The molecule has 1 atom stereocenters. The zero-order valence-corrected chi connectivity index (χ0v) is 8.35. The quantitative estimate of drug-likeness (QED) is 0.658. The number of hydrogen-bond acceptors (Lipinski definition) is 4. The van der Waals surface area contributed by atoms with Crippen LogP contribution in [0.5, 0.6) is 0 Å². The van der Waals surface area contributed by atoms with Crippen molar-refractivity contribution in [1.29, 1.82) is 0 Å². The van der Waals surface area contributed by atoms with E-state index in [0.29, 0.717) is 0 Å². The molecule has 0 bridgehead atoms. The molecule has 0 aromatic heterocycles. The molecule has 0 N–H and O–H groups in total. The molecule has 0 saturated carbocycles. The predicted octanol–water partition coefficient (Wildman–Crippen LogP) is 1.65. The van der Waals surface area contributed by atoms with Gasteiger partial charge in [-0.15, -0.1) is 11.8 Å². The molecular weight excluding hydrogens is 174 g/mol. The van der Waals surface area contributed by atoms with E-state index in [4.69, 9.17) is 9.47 Å². The van der Waals surface area contributed by atoms with Crippen molar-refractivity contribution in [3.8, 4) is 0 Å². The van der Waals surface area contributed by atoms with Crippen molar-refractivity contribution in [3.05, 3.63) is 11.8 Å². The molecule has 3 nitrogen and oxygen atoms in total. The molecule has 0 aromatic rings. The molecule has 0 saturated heterocycles. The molecule has 1 heterocycles. The van der Waals surface area contributed by atoms with Crippen LogP contribution in [-0.2, 0) is 9.47 Å². The van der Waals surface area contributed by atoms with E-state index >= 15 is 0 Å². The molecule has 0 unspecified atom stereocenters. The van der Waals surface area contributed by atoms with Gasteiger partial charge < -0.3 is 9.47 Å². The van der Waals surface area contributed by atoms with Crippen LogP contribution in [0, 0.1) is 0 Å². The smallest absolute Gasteiger partial charge is 0.152 e. The Kier molecular flexibility index (Phi) is 3.62. The summed E-state index contributed by atoms with van der Waals surface area (Å²) in [6.07, 6.45) is 4.74. The van der Waals surface area contributed by atoms with Gasteiger partial charge in [0.15, 0.2) is 6.23 Å². The fraction of sp³-hybridized carbons (Fsp3) is 0.625. The number of thioether (sulfide) groups is 1. The first kappa shape index (κ1) is 9.61. The first-order chi connectivity index (χ1) is 5.81. The summed E-state index contributed by atoms with van der Waals surface area (Å²) in [5, 5.41) is 0.913. The van der Waals surface area contributed by atoms with Crippen molar-refractivity contribution in [1.82, 2.24) is 0 Å². The van der Waals surface area contributed by atoms with Crippen LogP contribution in [0.1, 0.15) is 6.42 Å². The van der Waals surface area contributed by atoms with E-state index in [1.807, 2.05) is 12.3 Å². The average molecular weight is 187 g/mol. The predicted molar refractivity (Wildman–Crippen MR) is 51.5 cm³/mol. The van der Waals surface area contributed by atoms with Crippen molar-refractivity contribution in [3.63, 3.8) is 0 Å². The van der Waals surface area contributed by atoms with Gasteiger partial charge in [0.1, 0.15) is 10.8 Å². The lowest BCUT2D eigenvalue weighted by atomic mass is 10.3. The summed E-state index contributed by atoms with van der Waals surface area (Å²) in [4.78, 5) is 4.34. The van der Waals surface area contributed by atoms with Crippen LogP contribution in [0.4, 0.5) is 0 Å². The third-order valence-electron chi connectivity index (χ3n) is 1.66. The van der Waals surface area contributed by atoms with Crippen LogP contribution in [0.2, 0.25) is 0 Å². The number of nitrogens with zero attached hydrogens (tertiary/aromatic N) is 1. The van der Waals surface area contributed by atoms with Crippen LogP contribution in [0.15, 0.2) is 16.8 Å². The summed E-state index contributed by atoms with van der Waals surface area (Å²) in [7, 11) is 3.32. The van der Waals surface area contributed by atoms with Crippen molar-refractivity contribution >= 4 is 16.8 Å². The van der Waals surface area contributed by atoms with E-state index < -0.39 is 0 Å². The second kappa shape index (κ2) is 4.52.